The molecule has 1 rings (SSSR count). The molecule has 2 N–H and O–H groups in total. The lowest BCUT2D eigenvalue weighted by molar-refractivity contribution is 0.0696. The van der Waals surface area contributed by atoms with E-state index in [1.165, 1.54) is 12.8 Å². The van der Waals surface area contributed by atoms with Crippen LogP contribution >= 0.6 is 0 Å². The molecule has 0 spiro atoms. The predicted octanol–water partition coefficient (Wildman–Crippen LogP) is 3.42. The zero-order valence-electron chi connectivity index (χ0n) is 12.9. The third-order valence-electron chi connectivity index (χ3n) is 3.77. The summed E-state index contributed by atoms with van der Waals surface area (Å²) in [5.41, 5.74) is 1.57. The van der Waals surface area contributed by atoms with E-state index in [2.05, 4.69) is 29.4 Å². The Kier molecular flexibility index (Phi) is 6.42. The van der Waals surface area contributed by atoms with Gasteiger partial charge in [0.2, 0.25) is 0 Å². The number of unbranched alkanes of at least 4 members (excludes halogenated alkanes) is 1. The first-order valence-electron chi connectivity index (χ1n) is 7.32. The van der Waals surface area contributed by atoms with Crippen LogP contribution in [0.15, 0.2) is 0 Å². The highest BCUT2D eigenvalue weighted by Gasteiger charge is 2.18. The van der Waals surface area contributed by atoms with Crippen LogP contribution in [0.1, 0.15) is 61.1 Å². The van der Waals surface area contributed by atoms with Crippen molar-refractivity contribution in [2.24, 2.45) is 5.92 Å². The molecule has 1 atom stereocenters. The van der Waals surface area contributed by atoms with Crippen molar-refractivity contribution < 1.29 is 9.90 Å². The number of aryl methyl sites for hydroxylation is 1. The molecule has 0 aromatic carbocycles. The minimum absolute atomic E-state index is 0.239. The Morgan fingerprint density at radius 2 is 2.00 bits per heavy atom. The predicted molar refractivity (Wildman–Crippen MR) is 80.3 cm³/mol. The molecule has 5 heteroatoms. The lowest BCUT2D eigenvalue weighted by Crippen LogP contribution is -2.18. The van der Waals surface area contributed by atoms with Gasteiger partial charge in [-0.05, 0) is 31.7 Å². The Morgan fingerprint density at radius 3 is 2.55 bits per heavy atom. The summed E-state index contributed by atoms with van der Waals surface area (Å²) < 4.78 is 0. The SMILES string of the molecule is CCCCC(CC)CNc1nnc(C)c(C)c1C(=O)O. The van der Waals surface area contributed by atoms with Crippen molar-refractivity contribution in [3.63, 3.8) is 0 Å². The van der Waals surface area contributed by atoms with E-state index >= 15 is 0 Å². The first-order valence-corrected chi connectivity index (χ1v) is 7.32. The molecule has 1 heterocycles. The van der Waals surface area contributed by atoms with E-state index in [9.17, 15) is 9.90 Å². The van der Waals surface area contributed by atoms with Crippen LogP contribution in [0.2, 0.25) is 0 Å². The second-order valence-corrected chi connectivity index (χ2v) is 5.24. The smallest absolute Gasteiger partial charge is 0.339 e. The Hall–Kier alpha value is -1.65. The molecule has 0 radical (unpaired) electrons. The van der Waals surface area contributed by atoms with Gasteiger partial charge < -0.3 is 10.4 Å². The number of aromatic nitrogens is 2. The molecule has 1 aromatic rings. The summed E-state index contributed by atoms with van der Waals surface area (Å²) in [6, 6.07) is 0. The number of anilines is 1. The third kappa shape index (κ3) is 4.18. The van der Waals surface area contributed by atoms with Crippen molar-refractivity contribution in [1.29, 1.82) is 0 Å². The summed E-state index contributed by atoms with van der Waals surface area (Å²) in [6.45, 7) is 8.62. The number of nitrogens with zero attached hydrogens (tertiary/aromatic N) is 2. The standard InChI is InChI=1S/C15H25N3O2/c1-5-7-8-12(6-2)9-16-14-13(15(19)20)10(3)11(4)17-18-14/h12H,5-9H2,1-4H3,(H,16,18)(H,19,20). The molecule has 0 saturated heterocycles. The molecule has 0 aliphatic heterocycles. The molecular weight excluding hydrogens is 254 g/mol. The summed E-state index contributed by atoms with van der Waals surface area (Å²) in [4.78, 5) is 11.4. The van der Waals surface area contributed by atoms with E-state index in [0.717, 1.165) is 19.4 Å². The van der Waals surface area contributed by atoms with Crippen molar-refractivity contribution in [3.05, 3.63) is 16.8 Å². The van der Waals surface area contributed by atoms with Crippen molar-refractivity contribution in [2.75, 3.05) is 11.9 Å². The third-order valence-corrected chi connectivity index (χ3v) is 3.77. The van der Waals surface area contributed by atoms with Gasteiger partial charge >= 0.3 is 5.97 Å². The van der Waals surface area contributed by atoms with Crippen LogP contribution in [0.5, 0.6) is 0 Å². The molecule has 0 aliphatic carbocycles. The average molecular weight is 279 g/mol. The number of hydrogen-bond donors (Lipinski definition) is 2. The van der Waals surface area contributed by atoms with Gasteiger partial charge in [-0.2, -0.15) is 5.10 Å². The summed E-state index contributed by atoms with van der Waals surface area (Å²) in [5.74, 6) is -0.0276. The van der Waals surface area contributed by atoms with Crippen LogP contribution < -0.4 is 5.32 Å². The van der Waals surface area contributed by atoms with Crippen molar-refractivity contribution >= 4 is 11.8 Å². The molecule has 0 bridgehead atoms. The minimum atomic E-state index is -0.954. The number of nitrogens with one attached hydrogen (secondary N) is 1. The summed E-state index contributed by atoms with van der Waals surface area (Å²) in [6.07, 6.45) is 4.61. The zero-order chi connectivity index (χ0) is 15.1. The number of aromatic carboxylic acids is 1. The van der Waals surface area contributed by atoms with Crippen molar-refractivity contribution in [2.45, 2.75) is 53.4 Å². The number of carboxylic acids is 1. The fourth-order valence-electron chi connectivity index (χ4n) is 2.18. The van der Waals surface area contributed by atoms with E-state index < -0.39 is 5.97 Å². The Morgan fingerprint density at radius 1 is 1.30 bits per heavy atom. The van der Waals surface area contributed by atoms with E-state index in [0.29, 0.717) is 23.0 Å². The normalized spacial score (nSPS) is 12.2. The quantitative estimate of drug-likeness (QED) is 0.762. The Labute approximate surface area is 120 Å². The first-order chi connectivity index (χ1) is 9.51. The molecular formula is C15H25N3O2. The monoisotopic (exact) mass is 279 g/mol. The van der Waals surface area contributed by atoms with Crippen LogP contribution in [0.25, 0.3) is 0 Å². The lowest BCUT2D eigenvalue weighted by atomic mass is 9.99. The van der Waals surface area contributed by atoms with E-state index in [-0.39, 0.29) is 5.56 Å². The fourth-order valence-corrected chi connectivity index (χ4v) is 2.18. The number of carboxylic acid groups (broad SMARTS) is 1. The van der Waals surface area contributed by atoms with E-state index in [1.807, 2.05) is 0 Å². The van der Waals surface area contributed by atoms with Crippen LogP contribution in [-0.4, -0.2) is 27.8 Å². The minimum Gasteiger partial charge on any atom is -0.478 e. The van der Waals surface area contributed by atoms with Gasteiger partial charge in [0, 0.05) is 6.54 Å². The maximum atomic E-state index is 11.4. The second kappa shape index (κ2) is 7.82. The Bertz CT molecular complexity index is 461. The van der Waals surface area contributed by atoms with Gasteiger partial charge in [0.15, 0.2) is 5.82 Å². The van der Waals surface area contributed by atoms with Gasteiger partial charge in [-0.1, -0.05) is 33.1 Å². The molecule has 20 heavy (non-hydrogen) atoms. The molecule has 0 amide bonds. The topological polar surface area (TPSA) is 75.1 Å². The summed E-state index contributed by atoms with van der Waals surface area (Å²) >= 11 is 0. The highest BCUT2D eigenvalue weighted by atomic mass is 16.4. The van der Waals surface area contributed by atoms with E-state index in [1.54, 1.807) is 13.8 Å². The average Bonchev–Trinajstić information content (AvgIpc) is 2.42. The van der Waals surface area contributed by atoms with Crippen molar-refractivity contribution in [1.82, 2.24) is 10.2 Å². The molecule has 0 fully saturated rings. The van der Waals surface area contributed by atoms with Crippen LogP contribution in [-0.2, 0) is 0 Å². The highest BCUT2D eigenvalue weighted by Crippen LogP contribution is 2.20. The lowest BCUT2D eigenvalue weighted by Gasteiger charge is -2.17. The van der Waals surface area contributed by atoms with Crippen LogP contribution in [0.4, 0.5) is 5.82 Å². The fraction of sp³-hybridized carbons (Fsp3) is 0.667. The van der Waals surface area contributed by atoms with Gasteiger partial charge in [0.05, 0.1) is 5.69 Å². The van der Waals surface area contributed by atoms with E-state index in [4.69, 9.17) is 0 Å². The van der Waals surface area contributed by atoms with Gasteiger partial charge in [0.25, 0.3) is 0 Å². The maximum absolute atomic E-state index is 11.4. The summed E-state index contributed by atoms with van der Waals surface area (Å²) in [5, 5.41) is 20.5. The first kappa shape index (κ1) is 16.4. The maximum Gasteiger partial charge on any atom is 0.339 e. The summed E-state index contributed by atoms with van der Waals surface area (Å²) in [7, 11) is 0. The number of rotatable bonds is 8. The number of hydrogen-bond acceptors (Lipinski definition) is 4. The van der Waals surface area contributed by atoms with Gasteiger partial charge in [-0.25, -0.2) is 4.79 Å². The highest BCUT2D eigenvalue weighted by molar-refractivity contribution is 5.94. The molecule has 0 aliphatic rings. The largest absolute Gasteiger partial charge is 0.478 e. The van der Waals surface area contributed by atoms with Crippen LogP contribution in [0, 0.1) is 19.8 Å². The molecule has 5 nitrogen and oxygen atoms in total. The zero-order valence-corrected chi connectivity index (χ0v) is 12.9. The second-order valence-electron chi connectivity index (χ2n) is 5.24. The van der Waals surface area contributed by atoms with Gasteiger partial charge in [-0.3, -0.25) is 0 Å². The Balaban J connectivity index is 2.82. The van der Waals surface area contributed by atoms with Gasteiger partial charge in [0.1, 0.15) is 5.56 Å². The number of carbonyl (C=O) groups is 1. The molecule has 1 unspecified atom stereocenters. The van der Waals surface area contributed by atoms with Crippen LogP contribution in [0.3, 0.4) is 0 Å². The molecule has 112 valence electrons. The van der Waals surface area contributed by atoms with Gasteiger partial charge in [-0.15, -0.1) is 5.10 Å². The molecule has 1 aromatic heterocycles. The van der Waals surface area contributed by atoms with Crippen molar-refractivity contribution in [3.8, 4) is 0 Å². The molecule has 0 saturated carbocycles.